The third-order valence-corrected chi connectivity index (χ3v) is 14.3. The minimum Gasteiger partial charge on any atom is -0.462 e. The Labute approximate surface area is 401 Å². The monoisotopic (exact) mass is 948 g/mol. The van der Waals surface area contributed by atoms with Crippen molar-refractivity contribution in [3.8, 4) is 22.5 Å². The minimum atomic E-state index is -2.22. The van der Waals surface area contributed by atoms with E-state index in [0.29, 0.717) is 43.4 Å². The number of likely N-dealkylation sites (N-methyl/N-ethyl adjacent to an activating group) is 1. The molecule has 16 nitrogen and oxygen atoms in total. The number of hydrogen-bond donors (Lipinski definition) is 3. The SMILES string of the molecule is CCn1c(-c2cccnc2[C@H](C)OC)c2c3cc(ccc31)-c1csc(n1)C[C@H](NC(=O)[C@H](C(C)C)N(C)C(=O)N1CCOC[C@@H]1c1ccccc1)C(=O)N1CCC[C@@](O)(N1)C(=O)OCC(C)(C)C2. The summed E-state index contributed by atoms with van der Waals surface area (Å²) in [5.74, 6) is -2.37. The molecule has 0 radical (unpaired) electrons. The highest BCUT2D eigenvalue weighted by molar-refractivity contribution is 7.10. The molecule has 3 aliphatic rings. The lowest BCUT2D eigenvalue weighted by Gasteiger charge is -2.41. The number of ether oxygens (including phenoxy) is 3. The number of hydrogen-bond acceptors (Lipinski definition) is 12. The summed E-state index contributed by atoms with van der Waals surface area (Å²) >= 11 is 1.37. The molecule has 0 saturated carbocycles. The average molecular weight is 949 g/mol. The summed E-state index contributed by atoms with van der Waals surface area (Å²) in [6, 6.07) is 17.1. The number of pyridine rings is 1. The molecule has 3 aliphatic heterocycles. The van der Waals surface area contributed by atoms with E-state index in [4.69, 9.17) is 24.2 Å². The molecule has 4 amide bonds. The molecule has 8 rings (SSSR count). The smallest absolute Gasteiger partial charge is 0.355 e. The summed E-state index contributed by atoms with van der Waals surface area (Å²) in [7, 11) is 3.28. The third kappa shape index (κ3) is 9.77. The molecule has 6 heterocycles. The maximum Gasteiger partial charge on any atom is 0.355 e. The number of thiazole rings is 1. The van der Waals surface area contributed by atoms with Gasteiger partial charge in [0.2, 0.25) is 11.6 Å². The topological polar surface area (TPSA) is 181 Å². The van der Waals surface area contributed by atoms with E-state index >= 15 is 0 Å². The Kier molecular flexibility index (Phi) is 14.4. The van der Waals surface area contributed by atoms with Crippen molar-refractivity contribution in [3.63, 3.8) is 0 Å². The number of aliphatic hydroxyl groups is 1. The number of methoxy groups -OCH3 is 1. The molecule has 6 bridgehead atoms. The lowest BCUT2D eigenvalue weighted by molar-refractivity contribution is -0.189. The highest BCUT2D eigenvalue weighted by Crippen LogP contribution is 2.42. The number of aryl methyl sites for hydroxylation is 1. The number of aromatic nitrogens is 3. The van der Waals surface area contributed by atoms with Crippen LogP contribution in [0.5, 0.6) is 0 Å². The first-order valence-electron chi connectivity index (χ1n) is 23.6. The summed E-state index contributed by atoms with van der Waals surface area (Å²) in [6.07, 6.45) is 2.25. The van der Waals surface area contributed by atoms with Crippen molar-refractivity contribution in [3.05, 3.63) is 94.1 Å². The predicted molar refractivity (Wildman–Crippen MR) is 259 cm³/mol. The van der Waals surface area contributed by atoms with E-state index in [-0.39, 0.29) is 56.5 Å². The zero-order valence-corrected chi connectivity index (χ0v) is 41.1. The fourth-order valence-corrected chi connectivity index (χ4v) is 10.7. The number of rotatable bonds is 9. The normalized spacial score (nSPS) is 22.1. The van der Waals surface area contributed by atoms with E-state index in [9.17, 15) is 24.3 Å². The van der Waals surface area contributed by atoms with E-state index in [1.54, 1.807) is 25.3 Å². The molecule has 5 atom stereocenters. The molecule has 17 heteroatoms. The van der Waals surface area contributed by atoms with Gasteiger partial charge in [0.15, 0.2) is 0 Å². The molecular formula is C51H64N8O8S. The van der Waals surface area contributed by atoms with Crippen LogP contribution in [0.2, 0.25) is 0 Å². The summed E-state index contributed by atoms with van der Waals surface area (Å²) < 4.78 is 19.9. The number of hydrazine groups is 1. The molecule has 362 valence electrons. The van der Waals surface area contributed by atoms with Gasteiger partial charge in [-0.3, -0.25) is 19.6 Å². The Morgan fingerprint density at radius 2 is 1.87 bits per heavy atom. The fourth-order valence-electron chi connectivity index (χ4n) is 9.89. The van der Waals surface area contributed by atoms with Gasteiger partial charge in [0.25, 0.3) is 5.91 Å². The van der Waals surface area contributed by atoms with E-state index in [1.807, 2.05) is 82.5 Å². The van der Waals surface area contributed by atoms with Crippen LogP contribution in [0.4, 0.5) is 4.79 Å². The first kappa shape index (κ1) is 48.7. The number of nitrogens with one attached hydrogen (secondary N) is 2. The second-order valence-electron chi connectivity index (χ2n) is 19.3. The fraction of sp³-hybridized carbons (Fsp3) is 0.490. The highest BCUT2D eigenvalue weighted by Gasteiger charge is 2.46. The molecule has 2 fully saturated rings. The first-order valence-corrected chi connectivity index (χ1v) is 24.4. The van der Waals surface area contributed by atoms with Crippen LogP contribution in [0.1, 0.15) is 88.4 Å². The quantitative estimate of drug-likeness (QED) is 0.134. The number of fused-ring (bicyclic) bond motifs is 6. The van der Waals surface area contributed by atoms with Crippen LogP contribution in [0.25, 0.3) is 33.4 Å². The van der Waals surface area contributed by atoms with Gasteiger partial charge in [0, 0.05) is 85.7 Å². The molecule has 3 aromatic heterocycles. The van der Waals surface area contributed by atoms with Crippen LogP contribution in [-0.4, -0.2) is 123 Å². The van der Waals surface area contributed by atoms with Gasteiger partial charge in [-0.1, -0.05) is 64.1 Å². The van der Waals surface area contributed by atoms with Crippen LogP contribution in [-0.2, 0) is 48.0 Å². The van der Waals surface area contributed by atoms with E-state index in [1.165, 1.54) is 21.2 Å². The van der Waals surface area contributed by atoms with Crippen LogP contribution in [0.3, 0.4) is 0 Å². The standard InChI is InChI=1S/C51H64N8O8S/c1-9-57-40-19-18-34-25-36(40)37(45(57)35-17-13-21-52-43(35)32(4)65-8)27-50(5,6)30-67-48(62)51(64)20-14-22-59(55-51)47(61)38(26-42-53-39(34)29-68-42)54-46(60)44(31(2)3)56(7)49(63)58-23-24-66-28-41(58)33-15-11-10-12-16-33/h10-13,15-19,21,25,29,31-32,38,41,44,55,64H,9,14,20,22-24,26-28,30H2,1-8H3,(H,54,60)/t32-,38-,41+,44-,51-/m0/s1. The van der Waals surface area contributed by atoms with Crippen molar-refractivity contribution >= 4 is 46.1 Å². The van der Waals surface area contributed by atoms with Gasteiger partial charge in [-0.05, 0) is 68.0 Å². The van der Waals surface area contributed by atoms with Crippen LogP contribution in [0, 0.1) is 11.3 Å². The third-order valence-electron chi connectivity index (χ3n) is 13.4. The second kappa shape index (κ2) is 20.1. The van der Waals surface area contributed by atoms with Crippen molar-refractivity contribution in [1.82, 2.24) is 40.1 Å². The number of morpholine rings is 1. The van der Waals surface area contributed by atoms with Gasteiger partial charge in [0.05, 0.1) is 54.1 Å². The molecule has 3 N–H and O–H groups in total. The van der Waals surface area contributed by atoms with Crippen LogP contribution >= 0.6 is 11.3 Å². The number of cyclic esters (lactones) is 1. The van der Waals surface area contributed by atoms with Crippen molar-refractivity contribution in [2.45, 2.75) is 104 Å². The number of benzene rings is 2. The zero-order valence-electron chi connectivity index (χ0n) is 40.3. The lowest BCUT2D eigenvalue weighted by Crippen LogP contribution is -2.67. The Balaban J connectivity index is 1.17. The maximum absolute atomic E-state index is 14.7. The summed E-state index contributed by atoms with van der Waals surface area (Å²) in [5, 5.41) is 19.6. The van der Waals surface area contributed by atoms with Crippen LogP contribution in [0.15, 0.2) is 72.2 Å². The summed E-state index contributed by atoms with van der Waals surface area (Å²) in [5.41, 5.74) is 7.23. The van der Waals surface area contributed by atoms with Gasteiger partial charge in [-0.15, -0.1) is 11.3 Å². The molecule has 2 saturated heterocycles. The molecule has 0 unspecified atom stereocenters. The van der Waals surface area contributed by atoms with Gasteiger partial charge in [-0.25, -0.2) is 14.6 Å². The number of esters is 1. The summed E-state index contributed by atoms with van der Waals surface area (Å²) in [6.45, 7) is 13.6. The maximum atomic E-state index is 14.7. The Hall–Kier alpha value is -5.72. The zero-order chi connectivity index (χ0) is 48.5. The molecule has 5 aromatic rings. The Morgan fingerprint density at radius 3 is 2.60 bits per heavy atom. The van der Waals surface area contributed by atoms with Crippen molar-refractivity contribution in [2.75, 3.05) is 47.1 Å². The van der Waals surface area contributed by atoms with E-state index < -0.39 is 41.0 Å². The largest absolute Gasteiger partial charge is 0.462 e. The van der Waals surface area contributed by atoms with Crippen LogP contribution < -0.4 is 10.7 Å². The number of amides is 4. The first-order chi connectivity index (χ1) is 32.5. The Morgan fingerprint density at radius 1 is 1.09 bits per heavy atom. The molecular weight excluding hydrogens is 885 g/mol. The minimum absolute atomic E-state index is 0.00216. The van der Waals surface area contributed by atoms with Gasteiger partial charge in [0.1, 0.15) is 12.1 Å². The van der Waals surface area contributed by atoms with Gasteiger partial charge < -0.3 is 39.0 Å². The van der Waals surface area contributed by atoms with Gasteiger partial charge in [-0.2, -0.15) is 5.43 Å². The van der Waals surface area contributed by atoms with E-state index in [0.717, 1.165) is 44.5 Å². The molecule has 2 aromatic carbocycles. The Bertz CT molecular complexity index is 2650. The van der Waals surface area contributed by atoms with Crippen molar-refractivity contribution < 1.29 is 38.5 Å². The second-order valence-corrected chi connectivity index (χ2v) is 20.2. The number of urea groups is 1. The molecule has 68 heavy (non-hydrogen) atoms. The molecule has 0 aliphatic carbocycles. The molecule has 0 spiro atoms. The number of nitrogens with zero attached hydrogens (tertiary/aromatic N) is 6. The predicted octanol–water partition coefficient (Wildman–Crippen LogP) is 6.67. The van der Waals surface area contributed by atoms with E-state index in [2.05, 4.69) is 40.4 Å². The van der Waals surface area contributed by atoms with Crippen molar-refractivity contribution in [2.24, 2.45) is 11.3 Å². The van der Waals surface area contributed by atoms with Gasteiger partial charge >= 0.3 is 12.0 Å². The average Bonchev–Trinajstić information content (AvgIpc) is 3.93. The lowest BCUT2D eigenvalue weighted by atomic mass is 9.84. The highest BCUT2D eigenvalue weighted by atomic mass is 32.1. The number of carbonyl (C=O) groups is 4. The number of carbonyl (C=O) groups excluding carboxylic acids is 4. The van der Waals surface area contributed by atoms with Crippen molar-refractivity contribution in [1.29, 1.82) is 0 Å². The summed E-state index contributed by atoms with van der Waals surface area (Å²) in [4.78, 5) is 70.8.